The average Bonchev–Trinajstić information content (AvgIpc) is 2.60. The van der Waals surface area contributed by atoms with E-state index < -0.39 is 0 Å². The predicted molar refractivity (Wildman–Crippen MR) is 105 cm³/mol. The second-order valence-corrected chi connectivity index (χ2v) is 6.79. The summed E-state index contributed by atoms with van der Waals surface area (Å²) >= 11 is 0. The van der Waals surface area contributed by atoms with Gasteiger partial charge in [-0.25, -0.2) is 0 Å². The van der Waals surface area contributed by atoms with Crippen molar-refractivity contribution in [3.05, 3.63) is 24.3 Å². The summed E-state index contributed by atoms with van der Waals surface area (Å²) in [5.74, 6) is -0.0344. The molecule has 0 saturated heterocycles. The highest BCUT2D eigenvalue weighted by molar-refractivity contribution is 5.71. The smallest absolute Gasteiger partial charge is 0.308 e. The molecule has 0 spiro atoms. The highest BCUT2D eigenvalue weighted by atomic mass is 16.5. The van der Waals surface area contributed by atoms with Crippen LogP contribution < -0.4 is 0 Å². The summed E-state index contributed by atoms with van der Waals surface area (Å²) in [7, 11) is 1.46. The molecule has 0 aliphatic heterocycles. The van der Waals surface area contributed by atoms with E-state index in [9.17, 15) is 4.79 Å². The minimum absolute atomic E-state index is 0.0453. The number of ether oxygens (including phenoxy) is 1. The van der Waals surface area contributed by atoms with E-state index in [0.29, 0.717) is 0 Å². The number of methoxy groups -OCH3 is 1. The van der Waals surface area contributed by atoms with Crippen LogP contribution >= 0.6 is 0 Å². The molecule has 0 aliphatic carbocycles. The second-order valence-electron chi connectivity index (χ2n) is 6.79. The van der Waals surface area contributed by atoms with Crippen LogP contribution in [0.1, 0.15) is 97.3 Å². The number of esters is 1. The van der Waals surface area contributed by atoms with E-state index in [1.165, 1.54) is 64.9 Å². The van der Waals surface area contributed by atoms with Crippen LogP contribution in [0.3, 0.4) is 0 Å². The van der Waals surface area contributed by atoms with Crippen molar-refractivity contribution in [1.82, 2.24) is 0 Å². The van der Waals surface area contributed by atoms with E-state index in [1.807, 2.05) is 6.92 Å². The third-order valence-corrected chi connectivity index (χ3v) is 4.42. The fraction of sp³-hybridized carbons (Fsp3) is 0.773. The Morgan fingerprint density at radius 1 is 0.792 bits per heavy atom. The van der Waals surface area contributed by atoms with E-state index in [0.717, 1.165) is 25.7 Å². The Morgan fingerprint density at radius 2 is 1.29 bits per heavy atom. The number of allylic oxidation sites excluding steroid dienone is 4. The maximum atomic E-state index is 11.3. The van der Waals surface area contributed by atoms with Crippen LogP contribution in [0.5, 0.6) is 0 Å². The van der Waals surface area contributed by atoms with Gasteiger partial charge in [0.15, 0.2) is 0 Å². The Balaban J connectivity index is 3.31. The fourth-order valence-corrected chi connectivity index (χ4v) is 2.74. The molecule has 24 heavy (non-hydrogen) atoms. The number of hydrogen-bond acceptors (Lipinski definition) is 2. The predicted octanol–water partition coefficient (Wildman–Crippen LogP) is 7.00. The lowest BCUT2D eigenvalue weighted by atomic mass is 10.0. The molecule has 0 N–H and O–H groups in total. The highest BCUT2D eigenvalue weighted by Gasteiger charge is 2.11. The molecule has 0 aromatic heterocycles. The SMILES string of the molecule is CCCCCCCC=CCCC=CCCCCCC(C)C(=O)OC. The van der Waals surface area contributed by atoms with Crippen LogP contribution in [0.15, 0.2) is 24.3 Å². The van der Waals surface area contributed by atoms with Crippen LogP contribution in [-0.4, -0.2) is 13.1 Å². The quantitative estimate of drug-likeness (QED) is 0.172. The molecule has 0 aliphatic rings. The molecule has 0 aromatic carbocycles. The molecule has 1 unspecified atom stereocenters. The van der Waals surface area contributed by atoms with Crippen molar-refractivity contribution in [2.75, 3.05) is 7.11 Å². The zero-order valence-corrected chi connectivity index (χ0v) is 16.4. The first kappa shape index (κ1) is 22.9. The van der Waals surface area contributed by atoms with Crippen molar-refractivity contribution in [2.24, 2.45) is 5.92 Å². The van der Waals surface area contributed by atoms with Crippen molar-refractivity contribution in [3.63, 3.8) is 0 Å². The van der Waals surface area contributed by atoms with Crippen molar-refractivity contribution < 1.29 is 9.53 Å². The first-order valence-corrected chi connectivity index (χ1v) is 10.1. The van der Waals surface area contributed by atoms with Crippen LogP contribution in [0, 0.1) is 5.92 Å². The van der Waals surface area contributed by atoms with Gasteiger partial charge in [-0.3, -0.25) is 4.79 Å². The van der Waals surface area contributed by atoms with Gasteiger partial charge in [-0.05, 0) is 44.9 Å². The second kappa shape index (κ2) is 18.3. The lowest BCUT2D eigenvalue weighted by molar-refractivity contribution is -0.145. The third-order valence-electron chi connectivity index (χ3n) is 4.42. The monoisotopic (exact) mass is 336 g/mol. The van der Waals surface area contributed by atoms with E-state index in [1.54, 1.807) is 0 Å². The molecule has 0 fully saturated rings. The summed E-state index contributed by atoms with van der Waals surface area (Å²) < 4.78 is 4.74. The van der Waals surface area contributed by atoms with E-state index >= 15 is 0 Å². The Bertz CT molecular complexity index is 331. The summed E-state index contributed by atoms with van der Waals surface area (Å²) in [4.78, 5) is 11.3. The molecule has 1 atom stereocenters. The molecule has 2 nitrogen and oxygen atoms in total. The Kier molecular flexibility index (Phi) is 17.5. The van der Waals surface area contributed by atoms with Gasteiger partial charge in [0.1, 0.15) is 0 Å². The van der Waals surface area contributed by atoms with Gasteiger partial charge in [0.2, 0.25) is 0 Å². The summed E-state index contributed by atoms with van der Waals surface area (Å²) in [6.07, 6.45) is 25.4. The number of rotatable bonds is 16. The van der Waals surface area contributed by atoms with Gasteiger partial charge in [-0.2, -0.15) is 0 Å². The highest BCUT2D eigenvalue weighted by Crippen LogP contribution is 2.12. The summed E-state index contributed by atoms with van der Waals surface area (Å²) in [5.41, 5.74) is 0. The van der Waals surface area contributed by atoms with Crippen molar-refractivity contribution in [2.45, 2.75) is 97.3 Å². The molecule has 0 radical (unpaired) electrons. The molecule has 0 bridgehead atoms. The van der Waals surface area contributed by atoms with Crippen LogP contribution in [0.2, 0.25) is 0 Å². The van der Waals surface area contributed by atoms with Crippen LogP contribution in [0.25, 0.3) is 0 Å². The van der Waals surface area contributed by atoms with Gasteiger partial charge in [0, 0.05) is 0 Å². The molecule has 140 valence electrons. The van der Waals surface area contributed by atoms with Crippen molar-refractivity contribution in [3.8, 4) is 0 Å². The normalized spacial score (nSPS) is 13.0. The van der Waals surface area contributed by atoms with E-state index in [2.05, 4.69) is 31.2 Å². The van der Waals surface area contributed by atoms with Crippen LogP contribution in [-0.2, 0) is 9.53 Å². The largest absolute Gasteiger partial charge is 0.469 e. The first-order chi connectivity index (χ1) is 11.7. The van der Waals surface area contributed by atoms with Gasteiger partial charge in [0.05, 0.1) is 13.0 Å². The maximum absolute atomic E-state index is 11.3. The van der Waals surface area contributed by atoms with Gasteiger partial charge in [-0.1, -0.05) is 76.7 Å². The minimum atomic E-state index is -0.0797. The molecular formula is C22H40O2. The number of carbonyl (C=O) groups excluding carboxylic acids is 1. The summed E-state index contributed by atoms with van der Waals surface area (Å²) in [5, 5.41) is 0. The molecule has 0 aromatic rings. The number of hydrogen-bond donors (Lipinski definition) is 0. The molecular weight excluding hydrogens is 296 g/mol. The van der Waals surface area contributed by atoms with Gasteiger partial charge >= 0.3 is 5.97 Å². The van der Waals surface area contributed by atoms with Crippen LogP contribution in [0.4, 0.5) is 0 Å². The zero-order valence-electron chi connectivity index (χ0n) is 16.4. The van der Waals surface area contributed by atoms with Gasteiger partial charge in [0.25, 0.3) is 0 Å². The third kappa shape index (κ3) is 15.8. The molecule has 2 heteroatoms. The molecule has 0 heterocycles. The van der Waals surface area contributed by atoms with Crippen molar-refractivity contribution >= 4 is 5.97 Å². The zero-order chi connectivity index (χ0) is 17.9. The number of carbonyl (C=O) groups is 1. The molecule has 0 saturated carbocycles. The summed E-state index contributed by atoms with van der Waals surface area (Å²) in [6, 6.07) is 0. The number of unbranched alkanes of at least 4 members (excludes halogenated alkanes) is 9. The van der Waals surface area contributed by atoms with Gasteiger partial charge in [-0.15, -0.1) is 0 Å². The lowest BCUT2D eigenvalue weighted by Crippen LogP contribution is -2.12. The van der Waals surface area contributed by atoms with Gasteiger partial charge < -0.3 is 4.74 Å². The standard InChI is InChI=1S/C22H40O2/c1-4-5-6-7-8-9-10-11-12-13-14-15-16-17-18-19-20-21(2)22(23)24-3/h10-11,14-15,21H,4-9,12-13,16-20H2,1-3H3. The maximum Gasteiger partial charge on any atom is 0.308 e. The fourth-order valence-electron chi connectivity index (χ4n) is 2.74. The molecule has 0 rings (SSSR count). The van der Waals surface area contributed by atoms with E-state index in [-0.39, 0.29) is 11.9 Å². The Labute approximate surface area is 150 Å². The molecule has 0 amide bonds. The Morgan fingerprint density at radius 3 is 1.83 bits per heavy atom. The summed E-state index contributed by atoms with van der Waals surface area (Å²) in [6.45, 7) is 4.21. The topological polar surface area (TPSA) is 26.3 Å². The first-order valence-electron chi connectivity index (χ1n) is 10.1. The lowest BCUT2D eigenvalue weighted by Gasteiger charge is -2.07. The van der Waals surface area contributed by atoms with Crippen molar-refractivity contribution in [1.29, 1.82) is 0 Å². The van der Waals surface area contributed by atoms with E-state index in [4.69, 9.17) is 4.74 Å². The minimum Gasteiger partial charge on any atom is -0.469 e. The average molecular weight is 337 g/mol. The Hall–Kier alpha value is -1.05.